The summed E-state index contributed by atoms with van der Waals surface area (Å²) >= 11 is 0. The van der Waals surface area contributed by atoms with Crippen molar-refractivity contribution >= 4 is 5.91 Å². The summed E-state index contributed by atoms with van der Waals surface area (Å²) in [5.74, 6) is -1.73. The van der Waals surface area contributed by atoms with Gasteiger partial charge in [0.2, 0.25) is 5.91 Å². The lowest BCUT2D eigenvalue weighted by Gasteiger charge is -2.41. The highest BCUT2D eigenvalue weighted by atomic mass is 19.1. The summed E-state index contributed by atoms with van der Waals surface area (Å²) < 4.78 is 27.6. The number of aliphatic hydroxyl groups is 1. The third-order valence-electron chi connectivity index (χ3n) is 7.13. The van der Waals surface area contributed by atoms with Gasteiger partial charge in [-0.2, -0.15) is 0 Å². The number of halogens is 2. The minimum atomic E-state index is -0.963. The average Bonchev–Trinajstić information content (AvgIpc) is 2.82. The number of hydrogen-bond donors (Lipinski definition) is 3. The summed E-state index contributed by atoms with van der Waals surface area (Å²) in [5, 5.41) is 17.7. The fraction of sp³-hybridized carbons (Fsp3) is 0.500. The molecule has 196 valence electrons. The first-order valence-electron chi connectivity index (χ1n) is 12.9. The van der Waals surface area contributed by atoms with Gasteiger partial charge in [0.05, 0.1) is 12.1 Å². The average molecular weight is 499 g/mol. The Labute approximate surface area is 214 Å². The largest absolute Gasteiger partial charge is 0.390 e. The van der Waals surface area contributed by atoms with Gasteiger partial charge in [-0.3, -0.25) is 4.79 Å². The van der Waals surface area contributed by atoms with Crippen LogP contribution in [0.5, 0.6) is 0 Å². The SMILES string of the molecule is C/C=C/C(=O)NC(Cc1cc(F)cc(F)c1)C(O)CNC1(c2cccc(C(C)(C)C)c2)CCCCC1. The first-order chi connectivity index (χ1) is 17.0. The molecule has 3 N–H and O–H groups in total. The first kappa shape index (κ1) is 28.0. The molecule has 1 fully saturated rings. The molecule has 1 amide bonds. The second-order valence-corrected chi connectivity index (χ2v) is 11.0. The zero-order valence-corrected chi connectivity index (χ0v) is 21.9. The Morgan fingerprint density at radius 2 is 1.75 bits per heavy atom. The van der Waals surface area contributed by atoms with Crippen molar-refractivity contribution in [2.75, 3.05) is 6.54 Å². The monoisotopic (exact) mass is 498 g/mol. The summed E-state index contributed by atoms with van der Waals surface area (Å²) in [5.41, 5.74) is 2.60. The number of carbonyl (C=O) groups excluding carboxylic acids is 1. The van der Waals surface area contributed by atoms with Gasteiger partial charge in [0.25, 0.3) is 0 Å². The van der Waals surface area contributed by atoms with Crippen LogP contribution in [0.3, 0.4) is 0 Å². The van der Waals surface area contributed by atoms with Gasteiger partial charge in [-0.15, -0.1) is 0 Å². The number of rotatable bonds is 9. The van der Waals surface area contributed by atoms with Crippen molar-refractivity contribution in [2.45, 2.75) is 89.3 Å². The van der Waals surface area contributed by atoms with Crippen LogP contribution in [-0.2, 0) is 22.2 Å². The minimum absolute atomic E-state index is 0.0216. The maximum Gasteiger partial charge on any atom is 0.243 e. The number of amides is 1. The normalized spacial score (nSPS) is 17.6. The Hall–Kier alpha value is -2.57. The third-order valence-corrected chi connectivity index (χ3v) is 7.13. The van der Waals surface area contributed by atoms with E-state index in [1.165, 1.54) is 35.8 Å². The molecule has 2 unspecified atom stereocenters. The van der Waals surface area contributed by atoms with Crippen molar-refractivity contribution in [2.24, 2.45) is 0 Å². The summed E-state index contributed by atoms with van der Waals surface area (Å²) in [6, 6.07) is 11.2. The molecule has 2 aromatic carbocycles. The molecule has 2 atom stereocenters. The molecule has 6 heteroatoms. The van der Waals surface area contributed by atoms with Crippen LogP contribution in [0.4, 0.5) is 8.78 Å². The van der Waals surface area contributed by atoms with Crippen LogP contribution in [0.2, 0.25) is 0 Å². The van der Waals surface area contributed by atoms with Crippen LogP contribution in [0.1, 0.15) is 76.5 Å². The Morgan fingerprint density at radius 1 is 1.08 bits per heavy atom. The van der Waals surface area contributed by atoms with E-state index < -0.39 is 23.8 Å². The van der Waals surface area contributed by atoms with Gasteiger partial charge < -0.3 is 15.7 Å². The lowest BCUT2D eigenvalue weighted by molar-refractivity contribution is -0.118. The highest BCUT2D eigenvalue weighted by Crippen LogP contribution is 2.38. The van der Waals surface area contributed by atoms with Crippen molar-refractivity contribution in [3.63, 3.8) is 0 Å². The molecule has 36 heavy (non-hydrogen) atoms. The predicted octanol–water partition coefficient (Wildman–Crippen LogP) is 5.68. The summed E-state index contributed by atoms with van der Waals surface area (Å²) in [7, 11) is 0. The Kier molecular flexibility index (Phi) is 9.42. The smallest absolute Gasteiger partial charge is 0.243 e. The molecule has 0 aliphatic heterocycles. The summed E-state index contributed by atoms with van der Waals surface area (Å²) in [4.78, 5) is 12.3. The van der Waals surface area contributed by atoms with E-state index in [0.717, 1.165) is 31.7 Å². The topological polar surface area (TPSA) is 61.4 Å². The molecule has 1 aliphatic rings. The molecule has 4 nitrogen and oxygen atoms in total. The van der Waals surface area contributed by atoms with E-state index in [1.54, 1.807) is 13.0 Å². The van der Waals surface area contributed by atoms with Gasteiger partial charge in [-0.25, -0.2) is 8.78 Å². The highest BCUT2D eigenvalue weighted by molar-refractivity contribution is 5.87. The van der Waals surface area contributed by atoms with E-state index in [2.05, 4.69) is 55.7 Å². The van der Waals surface area contributed by atoms with Crippen LogP contribution >= 0.6 is 0 Å². The Balaban J connectivity index is 1.83. The van der Waals surface area contributed by atoms with E-state index in [-0.39, 0.29) is 29.8 Å². The predicted molar refractivity (Wildman–Crippen MR) is 141 cm³/mol. The van der Waals surface area contributed by atoms with Crippen LogP contribution in [0.25, 0.3) is 0 Å². The van der Waals surface area contributed by atoms with Crippen LogP contribution in [-0.4, -0.2) is 29.7 Å². The number of aliphatic hydroxyl groups excluding tert-OH is 1. The fourth-order valence-electron chi connectivity index (χ4n) is 5.10. The van der Waals surface area contributed by atoms with E-state index in [0.29, 0.717) is 5.56 Å². The molecule has 0 radical (unpaired) electrons. The van der Waals surface area contributed by atoms with Gasteiger partial charge in [0.1, 0.15) is 11.6 Å². The molecular weight excluding hydrogens is 458 g/mol. The standard InChI is InChI=1S/C30H40F2N2O2/c1-5-10-28(36)34-26(17-21-15-24(31)19-25(32)16-21)27(35)20-33-30(13-7-6-8-14-30)23-12-9-11-22(18-23)29(2,3)4/h5,9-12,15-16,18-19,26-27,33,35H,6-8,13-14,17,20H2,1-4H3,(H,34,36)/b10-5+. The van der Waals surface area contributed by atoms with Gasteiger partial charge in [-0.1, -0.05) is 70.4 Å². The number of hydrogen-bond acceptors (Lipinski definition) is 3. The van der Waals surface area contributed by atoms with Gasteiger partial charge >= 0.3 is 0 Å². The van der Waals surface area contributed by atoms with Crippen LogP contribution in [0, 0.1) is 11.6 Å². The second kappa shape index (κ2) is 12.1. The molecule has 0 heterocycles. The van der Waals surface area contributed by atoms with E-state index in [1.807, 2.05) is 0 Å². The Morgan fingerprint density at radius 3 is 2.36 bits per heavy atom. The van der Waals surface area contributed by atoms with E-state index in [4.69, 9.17) is 0 Å². The molecule has 0 bridgehead atoms. The number of nitrogens with one attached hydrogen (secondary N) is 2. The van der Waals surface area contributed by atoms with Crippen molar-refractivity contribution in [3.05, 3.63) is 82.9 Å². The molecule has 1 aliphatic carbocycles. The Bertz CT molecular complexity index is 1030. The lowest BCUT2D eigenvalue weighted by atomic mass is 9.74. The molecule has 1 saturated carbocycles. The van der Waals surface area contributed by atoms with Crippen molar-refractivity contribution in [1.82, 2.24) is 10.6 Å². The van der Waals surface area contributed by atoms with Gasteiger partial charge in [-0.05, 0) is 66.5 Å². The van der Waals surface area contributed by atoms with Crippen LogP contribution in [0.15, 0.2) is 54.6 Å². The van der Waals surface area contributed by atoms with Crippen molar-refractivity contribution < 1.29 is 18.7 Å². The second-order valence-electron chi connectivity index (χ2n) is 11.0. The molecule has 0 aromatic heterocycles. The zero-order chi connectivity index (χ0) is 26.3. The maximum atomic E-state index is 13.8. The highest BCUT2D eigenvalue weighted by Gasteiger charge is 2.35. The zero-order valence-electron chi connectivity index (χ0n) is 21.9. The lowest BCUT2D eigenvalue weighted by Crippen LogP contribution is -2.53. The number of allylic oxidation sites excluding steroid dienone is 1. The summed E-state index contributed by atoms with van der Waals surface area (Å²) in [6.45, 7) is 8.56. The van der Waals surface area contributed by atoms with Crippen molar-refractivity contribution in [1.29, 1.82) is 0 Å². The quantitative estimate of drug-likeness (QED) is 0.390. The third kappa shape index (κ3) is 7.47. The van der Waals surface area contributed by atoms with E-state index >= 15 is 0 Å². The van der Waals surface area contributed by atoms with Crippen molar-refractivity contribution in [3.8, 4) is 0 Å². The van der Waals surface area contributed by atoms with Gasteiger partial charge in [0.15, 0.2) is 0 Å². The molecular formula is C30H40F2N2O2. The van der Waals surface area contributed by atoms with E-state index in [9.17, 15) is 18.7 Å². The number of benzene rings is 2. The number of carbonyl (C=O) groups is 1. The van der Waals surface area contributed by atoms with Crippen LogP contribution < -0.4 is 10.6 Å². The van der Waals surface area contributed by atoms with Gasteiger partial charge in [0, 0.05) is 18.2 Å². The molecule has 2 aromatic rings. The first-order valence-corrected chi connectivity index (χ1v) is 12.9. The maximum absolute atomic E-state index is 13.8. The molecule has 0 spiro atoms. The summed E-state index contributed by atoms with van der Waals surface area (Å²) in [6.07, 6.45) is 7.40. The molecule has 3 rings (SSSR count). The molecule has 0 saturated heterocycles. The minimum Gasteiger partial charge on any atom is -0.390 e. The fourth-order valence-corrected chi connectivity index (χ4v) is 5.10.